The Morgan fingerprint density at radius 1 is 0.848 bits per heavy atom. The fourth-order valence-corrected chi connectivity index (χ4v) is 6.36. The summed E-state index contributed by atoms with van der Waals surface area (Å²) in [4.78, 5) is 0.285. The van der Waals surface area contributed by atoms with E-state index in [1.807, 2.05) is 54.6 Å². The molecular weight excluding hydrogens is 428 g/mol. The Morgan fingerprint density at radius 3 is 2.52 bits per heavy atom. The number of sulfonamides is 1. The Kier molecular flexibility index (Phi) is 4.73. The molecule has 2 N–H and O–H groups in total. The van der Waals surface area contributed by atoms with Gasteiger partial charge in [0.25, 0.3) is 10.0 Å². The van der Waals surface area contributed by atoms with Crippen molar-refractivity contribution >= 4 is 32.2 Å². The zero-order chi connectivity index (χ0) is 22.4. The van der Waals surface area contributed by atoms with Gasteiger partial charge in [-0.2, -0.15) is 0 Å². The molecule has 164 valence electrons. The highest BCUT2D eigenvalue weighted by atomic mass is 32.2. The van der Waals surface area contributed by atoms with Crippen molar-refractivity contribution in [2.75, 3.05) is 10.0 Å². The molecule has 0 fully saturated rings. The second kappa shape index (κ2) is 7.78. The third kappa shape index (κ3) is 3.49. The summed E-state index contributed by atoms with van der Waals surface area (Å²) in [6.07, 6.45) is 5.42. The Labute approximate surface area is 194 Å². The van der Waals surface area contributed by atoms with Crippen molar-refractivity contribution in [1.29, 1.82) is 0 Å². The Balaban J connectivity index is 1.37. The highest BCUT2D eigenvalue weighted by Crippen LogP contribution is 2.50. The minimum absolute atomic E-state index is 0.194. The first-order valence-corrected chi connectivity index (χ1v) is 12.7. The van der Waals surface area contributed by atoms with E-state index in [4.69, 9.17) is 0 Å². The van der Waals surface area contributed by atoms with Gasteiger partial charge >= 0.3 is 0 Å². The molecule has 6 rings (SSSR count). The summed E-state index contributed by atoms with van der Waals surface area (Å²) in [5.41, 5.74) is 3.89. The molecule has 4 aromatic rings. The first kappa shape index (κ1) is 20.1. The van der Waals surface area contributed by atoms with Crippen LogP contribution in [0, 0.1) is 5.92 Å². The molecule has 2 aliphatic rings. The van der Waals surface area contributed by atoms with Crippen LogP contribution in [0.15, 0.2) is 108 Å². The van der Waals surface area contributed by atoms with Crippen molar-refractivity contribution in [3.05, 3.63) is 114 Å². The Hall–Kier alpha value is -3.57. The molecule has 1 aliphatic heterocycles. The van der Waals surface area contributed by atoms with E-state index in [-0.39, 0.29) is 16.9 Å². The van der Waals surface area contributed by atoms with Gasteiger partial charge in [0.15, 0.2) is 0 Å². The van der Waals surface area contributed by atoms with Gasteiger partial charge in [0, 0.05) is 17.0 Å². The maximum absolute atomic E-state index is 13.4. The van der Waals surface area contributed by atoms with E-state index in [0.717, 1.165) is 28.4 Å². The number of benzene rings is 4. The number of allylic oxidation sites excluding steroid dienone is 2. The van der Waals surface area contributed by atoms with Gasteiger partial charge in [0.1, 0.15) is 0 Å². The van der Waals surface area contributed by atoms with Gasteiger partial charge in [0.2, 0.25) is 0 Å². The van der Waals surface area contributed by atoms with Crippen molar-refractivity contribution in [2.24, 2.45) is 5.92 Å². The second-order valence-corrected chi connectivity index (χ2v) is 10.4. The summed E-state index contributed by atoms with van der Waals surface area (Å²) in [5.74, 6) is 0.558. The van der Waals surface area contributed by atoms with Crippen LogP contribution in [0.2, 0.25) is 0 Å². The van der Waals surface area contributed by atoms with Gasteiger partial charge in [-0.1, -0.05) is 78.9 Å². The smallest absolute Gasteiger partial charge is 0.261 e. The summed E-state index contributed by atoms with van der Waals surface area (Å²) in [6.45, 7) is 0. The average Bonchev–Trinajstić information content (AvgIpc) is 3.34. The first-order chi connectivity index (χ1) is 16.1. The monoisotopic (exact) mass is 452 g/mol. The molecule has 0 radical (unpaired) electrons. The zero-order valence-electron chi connectivity index (χ0n) is 18.0. The highest BCUT2D eigenvalue weighted by molar-refractivity contribution is 7.92. The van der Waals surface area contributed by atoms with Gasteiger partial charge < -0.3 is 5.32 Å². The fraction of sp³-hybridized carbons (Fsp3) is 0.143. The third-order valence-electron chi connectivity index (χ3n) is 6.84. The maximum Gasteiger partial charge on any atom is 0.261 e. The molecule has 3 atom stereocenters. The molecule has 5 heteroatoms. The summed E-state index contributed by atoms with van der Waals surface area (Å²) < 4.78 is 29.5. The molecule has 1 heterocycles. The van der Waals surface area contributed by atoms with Gasteiger partial charge in [-0.15, -0.1) is 0 Å². The molecule has 0 aromatic heterocycles. The molecular formula is C28H24N2O2S. The second-order valence-electron chi connectivity index (χ2n) is 8.77. The van der Waals surface area contributed by atoms with Crippen molar-refractivity contribution in [2.45, 2.75) is 23.3 Å². The van der Waals surface area contributed by atoms with Crippen LogP contribution in [0.1, 0.15) is 29.5 Å². The summed E-state index contributed by atoms with van der Waals surface area (Å²) >= 11 is 0. The molecule has 0 spiro atoms. The molecule has 1 aliphatic carbocycles. The van der Waals surface area contributed by atoms with Crippen molar-refractivity contribution in [1.82, 2.24) is 0 Å². The zero-order valence-corrected chi connectivity index (χ0v) is 18.8. The van der Waals surface area contributed by atoms with Crippen LogP contribution >= 0.6 is 0 Å². The van der Waals surface area contributed by atoms with E-state index >= 15 is 0 Å². The quantitative estimate of drug-likeness (QED) is 0.349. The van der Waals surface area contributed by atoms with Crippen molar-refractivity contribution in [3.63, 3.8) is 0 Å². The topological polar surface area (TPSA) is 58.2 Å². The average molecular weight is 453 g/mol. The molecule has 0 saturated carbocycles. The van der Waals surface area contributed by atoms with Gasteiger partial charge in [0.05, 0.1) is 16.6 Å². The van der Waals surface area contributed by atoms with Crippen molar-refractivity contribution in [3.8, 4) is 0 Å². The predicted octanol–water partition coefficient (Wildman–Crippen LogP) is 6.47. The number of fused-ring (bicyclic) bond motifs is 4. The van der Waals surface area contributed by atoms with Gasteiger partial charge in [-0.25, -0.2) is 8.42 Å². The summed E-state index contributed by atoms with van der Waals surface area (Å²) in [7, 11) is -3.73. The third-order valence-corrected chi connectivity index (χ3v) is 8.20. The fourth-order valence-electron chi connectivity index (χ4n) is 5.25. The number of anilines is 2. The normalized spacial score (nSPS) is 21.3. The van der Waals surface area contributed by atoms with Crippen LogP contribution in [0.3, 0.4) is 0 Å². The summed E-state index contributed by atoms with van der Waals surface area (Å²) in [5, 5.41) is 5.56. The summed E-state index contributed by atoms with van der Waals surface area (Å²) in [6, 6.07) is 29.6. The van der Waals surface area contributed by atoms with E-state index in [2.05, 4.69) is 46.5 Å². The highest BCUT2D eigenvalue weighted by Gasteiger charge is 2.38. The van der Waals surface area contributed by atoms with Crippen LogP contribution in [0.25, 0.3) is 10.8 Å². The minimum atomic E-state index is -3.73. The number of hydrogen-bond donors (Lipinski definition) is 2. The molecule has 0 amide bonds. The Morgan fingerprint density at radius 2 is 1.64 bits per heavy atom. The van der Waals surface area contributed by atoms with Crippen LogP contribution in [0.5, 0.6) is 0 Å². The largest absolute Gasteiger partial charge is 0.378 e. The minimum Gasteiger partial charge on any atom is -0.378 e. The lowest BCUT2D eigenvalue weighted by Gasteiger charge is -2.37. The SMILES string of the molecule is O=S(=O)(Nc1cccc2ccccc12)c1ccc2c(c1)[C@@H]1C=CC[C@@H]1[C@@H](c1ccccc1)N2. The molecule has 0 unspecified atom stereocenters. The van der Waals surface area contributed by atoms with E-state index in [9.17, 15) is 8.42 Å². The lowest BCUT2D eigenvalue weighted by atomic mass is 9.77. The molecule has 4 aromatic carbocycles. The first-order valence-electron chi connectivity index (χ1n) is 11.2. The number of hydrogen-bond acceptors (Lipinski definition) is 3. The van der Waals surface area contributed by atoms with Crippen LogP contribution in [-0.4, -0.2) is 8.42 Å². The van der Waals surface area contributed by atoms with E-state index in [1.54, 1.807) is 12.1 Å². The molecule has 0 bridgehead atoms. The maximum atomic E-state index is 13.4. The number of nitrogens with one attached hydrogen (secondary N) is 2. The van der Waals surface area contributed by atoms with E-state index < -0.39 is 10.0 Å². The predicted molar refractivity (Wildman–Crippen MR) is 134 cm³/mol. The molecule has 4 nitrogen and oxygen atoms in total. The van der Waals surface area contributed by atoms with Crippen molar-refractivity contribution < 1.29 is 8.42 Å². The lowest BCUT2D eigenvalue weighted by molar-refractivity contribution is 0.425. The van der Waals surface area contributed by atoms with Crippen LogP contribution in [-0.2, 0) is 10.0 Å². The van der Waals surface area contributed by atoms with Gasteiger partial charge in [-0.05, 0) is 53.1 Å². The van der Waals surface area contributed by atoms with Gasteiger partial charge in [-0.3, -0.25) is 4.72 Å². The lowest BCUT2D eigenvalue weighted by Crippen LogP contribution is -2.29. The van der Waals surface area contributed by atoms with Crippen LogP contribution < -0.4 is 10.0 Å². The molecule has 33 heavy (non-hydrogen) atoms. The standard InChI is InChI=1S/C28H24N2O2S/c31-33(32,30-27-15-6-11-19-8-4-5-12-22(19)27)21-16-17-26-25(18-21)23-13-7-14-24(23)28(29-26)20-9-2-1-3-10-20/h1-13,15-18,23-24,28-30H,14H2/t23-,24+,28-/m1/s1. The number of rotatable bonds is 4. The van der Waals surface area contributed by atoms with E-state index in [1.165, 1.54) is 5.56 Å². The molecule has 0 saturated heterocycles. The Bertz CT molecular complexity index is 1470. The van der Waals surface area contributed by atoms with Crippen LogP contribution in [0.4, 0.5) is 11.4 Å². The van der Waals surface area contributed by atoms with E-state index in [0.29, 0.717) is 11.6 Å².